The third-order valence-corrected chi connectivity index (χ3v) is 6.17. The zero-order chi connectivity index (χ0) is 26.9. The van der Waals surface area contributed by atoms with Gasteiger partial charge in [0.1, 0.15) is 0 Å². The van der Waals surface area contributed by atoms with Crippen LogP contribution in [0.25, 0.3) is 22.4 Å². The van der Waals surface area contributed by atoms with Gasteiger partial charge in [0.05, 0.1) is 17.6 Å². The van der Waals surface area contributed by atoms with Crippen molar-refractivity contribution in [3.8, 4) is 11.3 Å². The zero-order valence-electron chi connectivity index (χ0n) is 22.6. The number of benzene rings is 1. The lowest BCUT2D eigenvalue weighted by molar-refractivity contribution is 0.449. The second-order valence-corrected chi connectivity index (χ2v) is 9.07. The molecule has 0 amide bonds. The number of nitrogens with one attached hydrogen (secondary N) is 2. The first kappa shape index (κ1) is 27.4. The molecule has 37 heavy (non-hydrogen) atoms. The molecule has 190 valence electrons. The van der Waals surface area contributed by atoms with Crippen LogP contribution in [0.15, 0.2) is 104 Å². The molecule has 3 rings (SSSR count). The molecule has 2 aromatic heterocycles. The van der Waals surface area contributed by atoms with Gasteiger partial charge in [-0.2, -0.15) is 0 Å². The average molecular weight is 492 g/mol. The minimum absolute atomic E-state index is 0.702. The van der Waals surface area contributed by atoms with E-state index in [9.17, 15) is 0 Å². The van der Waals surface area contributed by atoms with Crippen LogP contribution in [0.3, 0.4) is 0 Å². The summed E-state index contributed by atoms with van der Waals surface area (Å²) in [5, 5.41) is 6.73. The number of likely N-dealkylation sites (N-methyl/N-ethyl adjacent to an activating group) is 1. The molecule has 2 N–H and O–H groups in total. The number of aromatic nitrogens is 2. The Bertz CT molecular complexity index is 1350. The number of allylic oxidation sites excluding steroid dienone is 4. The topological polar surface area (TPSA) is 53.1 Å². The van der Waals surface area contributed by atoms with Crippen molar-refractivity contribution in [2.24, 2.45) is 0 Å². The highest BCUT2D eigenvalue weighted by molar-refractivity contribution is 5.89. The van der Waals surface area contributed by atoms with Gasteiger partial charge in [0.25, 0.3) is 0 Å². The van der Waals surface area contributed by atoms with E-state index in [2.05, 4.69) is 96.6 Å². The van der Waals surface area contributed by atoms with Gasteiger partial charge in [0.2, 0.25) is 0 Å². The van der Waals surface area contributed by atoms with E-state index in [0.29, 0.717) is 5.70 Å². The predicted octanol–water partition coefficient (Wildman–Crippen LogP) is 7.21. The molecule has 3 aromatic rings. The molecule has 5 nitrogen and oxygen atoms in total. The van der Waals surface area contributed by atoms with E-state index in [1.807, 2.05) is 44.4 Å². The van der Waals surface area contributed by atoms with E-state index in [1.54, 1.807) is 12.4 Å². The fraction of sp³-hybridized carbons (Fsp3) is 0.188. The molecule has 0 unspecified atom stereocenters. The molecule has 0 aliphatic carbocycles. The van der Waals surface area contributed by atoms with Gasteiger partial charge in [-0.05, 0) is 80.1 Å². The van der Waals surface area contributed by atoms with E-state index < -0.39 is 0 Å². The molecule has 0 saturated carbocycles. The Balaban J connectivity index is 1.92. The standard InChI is InChI=1S/C32H37N5/c1-9-25(21-37(7)8)17-26(10-2)27-14-15-30(33-6)28(18-27)22(3)24(5)36-32-20-34-19-29(23(32)4)31-13-11-12-16-35-31/h9-20,33,36H,1,3,5,21H2,2,4,6-8H3/b25-17+,26-10+. The summed E-state index contributed by atoms with van der Waals surface area (Å²) in [5.74, 6) is 0. The van der Waals surface area contributed by atoms with Gasteiger partial charge >= 0.3 is 0 Å². The van der Waals surface area contributed by atoms with E-state index in [4.69, 9.17) is 0 Å². The van der Waals surface area contributed by atoms with Crippen molar-refractivity contribution in [2.75, 3.05) is 38.3 Å². The molecule has 1 aromatic carbocycles. The normalized spacial score (nSPS) is 11.8. The van der Waals surface area contributed by atoms with E-state index in [0.717, 1.165) is 62.6 Å². The predicted molar refractivity (Wildman–Crippen MR) is 160 cm³/mol. The van der Waals surface area contributed by atoms with Crippen LogP contribution in [0.4, 0.5) is 11.4 Å². The first-order chi connectivity index (χ1) is 17.8. The lowest BCUT2D eigenvalue weighted by Gasteiger charge is -2.19. The maximum Gasteiger partial charge on any atom is 0.0720 e. The molecular formula is C32H37N5. The molecule has 0 aliphatic heterocycles. The van der Waals surface area contributed by atoms with Crippen molar-refractivity contribution < 1.29 is 0 Å². The van der Waals surface area contributed by atoms with Gasteiger partial charge in [-0.15, -0.1) is 0 Å². The summed E-state index contributed by atoms with van der Waals surface area (Å²) in [6.45, 7) is 17.6. The van der Waals surface area contributed by atoms with Crippen molar-refractivity contribution in [2.45, 2.75) is 13.8 Å². The number of pyridine rings is 2. The van der Waals surface area contributed by atoms with E-state index in [1.165, 1.54) is 0 Å². The smallest absolute Gasteiger partial charge is 0.0720 e. The van der Waals surface area contributed by atoms with Crippen LogP contribution in [0.5, 0.6) is 0 Å². The minimum atomic E-state index is 0.702. The Morgan fingerprint density at radius 2 is 1.86 bits per heavy atom. The minimum Gasteiger partial charge on any atom is -0.388 e. The van der Waals surface area contributed by atoms with Crippen LogP contribution < -0.4 is 10.6 Å². The second-order valence-electron chi connectivity index (χ2n) is 9.07. The number of anilines is 2. The Labute approximate surface area is 221 Å². The molecule has 5 heteroatoms. The van der Waals surface area contributed by atoms with Gasteiger partial charge < -0.3 is 15.5 Å². The summed E-state index contributed by atoms with van der Waals surface area (Å²) in [6, 6.07) is 12.2. The number of rotatable bonds is 11. The summed E-state index contributed by atoms with van der Waals surface area (Å²) < 4.78 is 0. The monoisotopic (exact) mass is 491 g/mol. The fourth-order valence-corrected chi connectivity index (χ4v) is 4.09. The van der Waals surface area contributed by atoms with E-state index >= 15 is 0 Å². The van der Waals surface area contributed by atoms with Gasteiger partial charge in [-0.1, -0.05) is 50.1 Å². The van der Waals surface area contributed by atoms with E-state index in [-0.39, 0.29) is 0 Å². The van der Waals surface area contributed by atoms with Crippen molar-refractivity contribution in [1.29, 1.82) is 0 Å². The molecular weight excluding hydrogens is 454 g/mol. The molecule has 2 heterocycles. The molecule has 0 spiro atoms. The summed E-state index contributed by atoms with van der Waals surface area (Å²) in [6.07, 6.45) is 11.6. The molecule has 0 bridgehead atoms. The first-order valence-electron chi connectivity index (χ1n) is 12.3. The number of hydrogen-bond acceptors (Lipinski definition) is 5. The maximum absolute atomic E-state index is 4.48. The molecule has 0 fully saturated rings. The highest BCUT2D eigenvalue weighted by atomic mass is 15.0. The van der Waals surface area contributed by atoms with Gasteiger partial charge in [0.15, 0.2) is 0 Å². The highest BCUT2D eigenvalue weighted by Gasteiger charge is 2.14. The largest absolute Gasteiger partial charge is 0.388 e. The quantitative estimate of drug-likeness (QED) is 0.278. The van der Waals surface area contributed by atoms with Crippen LogP contribution in [-0.2, 0) is 0 Å². The highest BCUT2D eigenvalue weighted by Crippen LogP contribution is 2.33. The van der Waals surface area contributed by atoms with Crippen LogP contribution >= 0.6 is 0 Å². The van der Waals surface area contributed by atoms with Crippen LogP contribution in [0, 0.1) is 6.92 Å². The SMILES string of the molecule is C=C/C(=C\C(=C/C)c1ccc(NC)c(C(=C)C(=C)Nc2cncc(-c3ccccn3)c2C)c1)CN(C)C. The summed E-state index contributed by atoms with van der Waals surface area (Å²) in [5.41, 5.74) is 10.6. The Kier molecular flexibility index (Phi) is 9.36. The second kappa shape index (κ2) is 12.7. The summed E-state index contributed by atoms with van der Waals surface area (Å²) in [7, 11) is 6.02. The lowest BCUT2D eigenvalue weighted by atomic mass is 9.95. The summed E-state index contributed by atoms with van der Waals surface area (Å²) in [4.78, 5) is 11.0. The van der Waals surface area contributed by atoms with Crippen molar-refractivity contribution in [3.63, 3.8) is 0 Å². The molecule has 0 aliphatic rings. The Morgan fingerprint density at radius 3 is 2.49 bits per heavy atom. The van der Waals surface area contributed by atoms with Crippen LogP contribution in [-0.4, -0.2) is 42.6 Å². The third kappa shape index (κ3) is 6.72. The first-order valence-corrected chi connectivity index (χ1v) is 12.3. The fourth-order valence-electron chi connectivity index (χ4n) is 4.09. The number of hydrogen-bond donors (Lipinski definition) is 2. The zero-order valence-corrected chi connectivity index (χ0v) is 22.6. The van der Waals surface area contributed by atoms with Crippen LogP contribution in [0.1, 0.15) is 23.6 Å². The van der Waals surface area contributed by atoms with Crippen molar-refractivity contribution >= 4 is 22.5 Å². The lowest BCUT2D eigenvalue weighted by Crippen LogP contribution is -2.14. The van der Waals surface area contributed by atoms with Gasteiger partial charge in [-0.25, -0.2) is 0 Å². The molecule has 0 saturated heterocycles. The summed E-state index contributed by atoms with van der Waals surface area (Å²) >= 11 is 0. The average Bonchev–Trinajstić information content (AvgIpc) is 2.91. The number of nitrogens with zero attached hydrogens (tertiary/aromatic N) is 3. The van der Waals surface area contributed by atoms with Crippen molar-refractivity contribution in [1.82, 2.24) is 14.9 Å². The molecule has 0 radical (unpaired) electrons. The van der Waals surface area contributed by atoms with Gasteiger partial charge in [0, 0.05) is 48.5 Å². The van der Waals surface area contributed by atoms with Gasteiger partial charge in [-0.3, -0.25) is 9.97 Å². The maximum atomic E-state index is 4.48. The van der Waals surface area contributed by atoms with Crippen LogP contribution in [0.2, 0.25) is 0 Å². The molecule has 0 atom stereocenters. The third-order valence-electron chi connectivity index (χ3n) is 6.17. The Morgan fingerprint density at radius 1 is 1.08 bits per heavy atom. The van der Waals surface area contributed by atoms with Crippen molar-refractivity contribution in [3.05, 3.63) is 121 Å². The Hall–Kier alpha value is -4.22.